The maximum atomic E-state index is 10.4. The van der Waals surface area contributed by atoms with Crippen LogP contribution >= 0.6 is 15.9 Å². The summed E-state index contributed by atoms with van der Waals surface area (Å²) in [6, 6.07) is 6.04. The van der Waals surface area contributed by atoms with E-state index in [1.54, 1.807) is 4.68 Å². The molecule has 0 unspecified atom stereocenters. The normalized spacial score (nSPS) is 10.7. The van der Waals surface area contributed by atoms with Crippen molar-refractivity contribution in [1.29, 1.82) is 0 Å². The number of halogens is 1. The molecule has 0 aliphatic heterocycles. The molecule has 6 heteroatoms. The van der Waals surface area contributed by atoms with Gasteiger partial charge in [0.05, 0.1) is 17.6 Å². The molecule has 1 aromatic heterocycles. The van der Waals surface area contributed by atoms with Gasteiger partial charge in [-0.15, -0.1) is 5.10 Å². The van der Waals surface area contributed by atoms with Crippen molar-refractivity contribution in [3.63, 3.8) is 0 Å². The van der Waals surface area contributed by atoms with Crippen LogP contribution < -0.4 is 0 Å². The minimum Gasteiger partial charge on any atom is -0.481 e. The molecule has 20 heavy (non-hydrogen) atoms. The number of rotatable bonds is 6. The summed E-state index contributed by atoms with van der Waals surface area (Å²) in [5.41, 5.74) is 3.00. The van der Waals surface area contributed by atoms with Crippen LogP contribution in [0.5, 0.6) is 0 Å². The molecule has 0 atom stereocenters. The zero-order valence-electron chi connectivity index (χ0n) is 11.2. The molecule has 1 aromatic carbocycles. The first-order chi connectivity index (χ1) is 9.56. The Morgan fingerprint density at radius 3 is 2.90 bits per heavy atom. The van der Waals surface area contributed by atoms with Gasteiger partial charge in [-0.1, -0.05) is 11.3 Å². The van der Waals surface area contributed by atoms with E-state index >= 15 is 0 Å². The zero-order valence-corrected chi connectivity index (χ0v) is 12.8. The second-order valence-electron chi connectivity index (χ2n) is 4.71. The van der Waals surface area contributed by atoms with Gasteiger partial charge in [0.2, 0.25) is 0 Å². The summed E-state index contributed by atoms with van der Waals surface area (Å²) in [4.78, 5) is 10.4. The second-order valence-corrected chi connectivity index (χ2v) is 5.56. The summed E-state index contributed by atoms with van der Waals surface area (Å²) >= 11 is 3.52. The van der Waals surface area contributed by atoms with Gasteiger partial charge in [-0.3, -0.25) is 4.79 Å². The van der Waals surface area contributed by atoms with Crippen molar-refractivity contribution in [2.45, 2.75) is 32.6 Å². The van der Waals surface area contributed by atoms with Crippen molar-refractivity contribution < 1.29 is 9.90 Å². The Morgan fingerprint density at radius 1 is 1.40 bits per heavy atom. The van der Waals surface area contributed by atoms with Crippen LogP contribution in [0.3, 0.4) is 0 Å². The molecule has 0 spiro atoms. The summed E-state index contributed by atoms with van der Waals surface area (Å²) < 4.78 is 2.70. The quantitative estimate of drug-likeness (QED) is 0.822. The van der Waals surface area contributed by atoms with Gasteiger partial charge in [-0.25, -0.2) is 4.68 Å². The van der Waals surface area contributed by atoms with Gasteiger partial charge in [-0.05, 0) is 59.8 Å². The Morgan fingerprint density at radius 2 is 2.20 bits per heavy atom. The van der Waals surface area contributed by atoms with Gasteiger partial charge in [0, 0.05) is 10.9 Å². The van der Waals surface area contributed by atoms with Gasteiger partial charge >= 0.3 is 5.97 Å². The van der Waals surface area contributed by atoms with Crippen molar-refractivity contribution in [2.24, 2.45) is 0 Å². The number of aromatic nitrogens is 3. The lowest BCUT2D eigenvalue weighted by Gasteiger charge is -2.03. The van der Waals surface area contributed by atoms with E-state index in [2.05, 4.69) is 26.2 Å². The highest BCUT2D eigenvalue weighted by Crippen LogP contribution is 2.21. The van der Waals surface area contributed by atoms with Gasteiger partial charge < -0.3 is 5.11 Å². The molecule has 1 N–H and O–H groups in total. The lowest BCUT2D eigenvalue weighted by molar-refractivity contribution is -0.137. The monoisotopic (exact) mass is 337 g/mol. The fraction of sp³-hybridized carbons (Fsp3) is 0.357. The van der Waals surface area contributed by atoms with Crippen LogP contribution in [-0.2, 0) is 11.2 Å². The Balaban J connectivity index is 1.99. The molecule has 0 bridgehead atoms. The Labute approximate surface area is 125 Å². The average Bonchev–Trinajstić information content (AvgIpc) is 2.83. The topological polar surface area (TPSA) is 68.0 Å². The van der Waals surface area contributed by atoms with Gasteiger partial charge in [0.1, 0.15) is 0 Å². The van der Waals surface area contributed by atoms with Crippen LogP contribution in [0.25, 0.3) is 5.69 Å². The Bertz CT molecular complexity index is 610. The van der Waals surface area contributed by atoms with Crippen LogP contribution in [0.4, 0.5) is 0 Å². The highest BCUT2D eigenvalue weighted by atomic mass is 79.9. The van der Waals surface area contributed by atoms with E-state index in [4.69, 9.17) is 5.11 Å². The molecule has 0 aliphatic carbocycles. The molecular weight excluding hydrogens is 322 g/mol. The number of aliphatic carboxylic acids is 1. The summed E-state index contributed by atoms with van der Waals surface area (Å²) in [6.07, 6.45) is 4.31. The summed E-state index contributed by atoms with van der Waals surface area (Å²) in [5, 5.41) is 16.8. The van der Waals surface area contributed by atoms with Crippen LogP contribution in [0.15, 0.2) is 28.9 Å². The number of benzene rings is 1. The van der Waals surface area contributed by atoms with E-state index in [1.807, 2.05) is 31.3 Å². The van der Waals surface area contributed by atoms with E-state index in [0.717, 1.165) is 28.7 Å². The molecule has 2 rings (SSSR count). The predicted octanol–water partition coefficient (Wildman–Crippen LogP) is 3.14. The molecule has 0 saturated heterocycles. The highest BCUT2D eigenvalue weighted by molar-refractivity contribution is 9.10. The van der Waals surface area contributed by atoms with Crippen LogP contribution in [-0.4, -0.2) is 26.1 Å². The first kappa shape index (κ1) is 14.7. The molecule has 0 amide bonds. The number of carboxylic acid groups (broad SMARTS) is 1. The SMILES string of the molecule is Cc1ccc(-n2cc(CCCCC(=O)O)nn2)c(Br)c1. The second kappa shape index (κ2) is 6.65. The number of carbonyl (C=O) groups is 1. The molecule has 0 aliphatic rings. The Kier molecular flexibility index (Phi) is 4.89. The summed E-state index contributed by atoms with van der Waals surface area (Å²) in [5.74, 6) is -0.753. The van der Waals surface area contributed by atoms with Crippen molar-refractivity contribution in [2.75, 3.05) is 0 Å². The van der Waals surface area contributed by atoms with Gasteiger partial charge in [-0.2, -0.15) is 0 Å². The number of aryl methyl sites for hydroxylation is 2. The Hall–Kier alpha value is -1.69. The number of hydrogen-bond donors (Lipinski definition) is 1. The zero-order chi connectivity index (χ0) is 14.5. The predicted molar refractivity (Wildman–Crippen MR) is 79.0 cm³/mol. The number of nitrogens with zero attached hydrogens (tertiary/aromatic N) is 3. The minimum absolute atomic E-state index is 0.206. The van der Waals surface area contributed by atoms with Crippen LogP contribution in [0, 0.1) is 6.92 Å². The minimum atomic E-state index is -0.753. The fourth-order valence-corrected chi connectivity index (χ4v) is 2.59. The van der Waals surface area contributed by atoms with Gasteiger partial charge in [0.15, 0.2) is 0 Å². The molecule has 0 fully saturated rings. The average molecular weight is 338 g/mol. The largest absolute Gasteiger partial charge is 0.481 e. The molecule has 1 heterocycles. The van der Waals surface area contributed by atoms with Gasteiger partial charge in [0.25, 0.3) is 0 Å². The standard InChI is InChI=1S/C14H16BrN3O2/c1-10-6-7-13(12(15)8-10)18-9-11(16-17-18)4-2-3-5-14(19)20/h6-9H,2-5H2,1H3,(H,19,20). The maximum absolute atomic E-state index is 10.4. The van der Waals surface area contributed by atoms with Crippen molar-refractivity contribution in [3.05, 3.63) is 40.1 Å². The van der Waals surface area contributed by atoms with Crippen molar-refractivity contribution >= 4 is 21.9 Å². The first-order valence-electron chi connectivity index (χ1n) is 6.46. The summed E-state index contributed by atoms with van der Waals surface area (Å²) in [6.45, 7) is 2.03. The molecular formula is C14H16BrN3O2. The number of hydrogen-bond acceptors (Lipinski definition) is 3. The maximum Gasteiger partial charge on any atom is 0.303 e. The molecule has 5 nitrogen and oxygen atoms in total. The fourth-order valence-electron chi connectivity index (χ4n) is 1.91. The third-order valence-corrected chi connectivity index (χ3v) is 3.60. The summed E-state index contributed by atoms with van der Waals surface area (Å²) in [7, 11) is 0. The van der Waals surface area contributed by atoms with E-state index in [0.29, 0.717) is 6.42 Å². The van der Waals surface area contributed by atoms with E-state index in [1.165, 1.54) is 5.56 Å². The smallest absolute Gasteiger partial charge is 0.303 e. The van der Waals surface area contributed by atoms with E-state index < -0.39 is 5.97 Å². The van der Waals surface area contributed by atoms with E-state index in [9.17, 15) is 4.79 Å². The third kappa shape index (κ3) is 3.90. The van der Waals surface area contributed by atoms with Crippen molar-refractivity contribution in [3.8, 4) is 5.69 Å². The molecule has 0 radical (unpaired) electrons. The number of unbranched alkanes of at least 4 members (excludes halogenated alkanes) is 1. The molecule has 106 valence electrons. The van der Waals surface area contributed by atoms with Crippen LogP contribution in [0.1, 0.15) is 30.5 Å². The third-order valence-electron chi connectivity index (χ3n) is 2.96. The van der Waals surface area contributed by atoms with Crippen LogP contribution in [0.2, 0.25) is 0 Å². The lowest BCUT2D eigenvalue weighted by Crippen LogP contribution is -1.96. The number of carboxylic acids is 1. The first-order valence-corrected chi connectivity index (χ1v) is 7.25. The molecule has 2 aromatic rings. The highest BCUT2D eigenvalue weighted by Gasteiger charge is 2.07. The molecule has 0 saturated carbocycles. The van der Waals surface area contributed by atoms with Crippen molar-refractivity contribution in [1.82, 2.24) is 15.0 Å². The van der Waals surface area contributed by atoms with E-state index in [-0.39, 0.29) is 6.42 Å². The lowest BCUT2D eigenvalue weighted by atomic mass is 10.1.